The Kier molecular flexibility index (Phi) is 11.6. The maximum absolute atomic E-state index is 14.2. The van der Waals surface area contributed by atoms with Crippen molar-refractivity contribution in [2.24, 2.45) is 5.92 Å². The minimum atomic E-state index is -2.21. The summed E-state index contributed by atoms with van der Waals surface area (Å²) in [5, 5.41) is 8.44. The normalized spacial score (nSPS) is 18.2. The number of carbonyl (C=O) groups excluding carboxylic acids is 2. The molecule has 12 nitrogen and oxygen atoms in total. The zero-order valence-corrected chi connectivity index (χ0v) is 36.2. The van der Waals surface area contributed by atoms with Crippen LogP contribution < -0.4 is 10.2 Å². The van der Waals surface area contributed by atoms with Crippen LogP contribution in [-0.2, 0) is 20.4 Å². The molecule has 2 atom stereocenters. The molecule has 1 saturated carbocycles. The number of anilines is 2. The summed E-state index contributed by atoms with van der Waals surface area (Å²) in [5.74, 6) is 1.67. The van der Waals surface area contributed by atoms with Crippen LogP contribution in [0, 0.1) is 5.92 Å². The molecule has 302 valence electrons. The highest BCUT2D eigenvalue weighted by Crippen LogP contribution is 2.43. The Balaban J connectivity index is 1.32. The highest BCUT2D eigenvalue weighted by molar-refractivity contribution is 6.74. The van der Waals surface area contributed by atoms with Gasteiger partial charge in [0.2, 0.25) is 0 Å². The fraction of sp³-hybridized carbons (Fsp3) is 0.558. The van der Waals surface area contributed by atoms with Crippen molar-refractivity contribution in [3.63, 3.8) is 0 Å². The number of pyridine rings is 1. The number of nitrogens with zero attached hydrogens (tertiary/aromatic N) is 6. The molecule has 6 rings (SSSR count). The predicted molar refractivity (Wildman–Crippen MR) is 224 cm³/mol. The minimum Gasteiger partial charge on any atom is -0.444 e. The van der Waals surface area contributed by atoms with Crippen molar-refractivity contribution in [1.29, 1.82) is 0 Å². The number of rotatable bonds is 10. The first-order chi connectivity index (χ1) is 26.2. The molecule has 0 unspecified atom stereocenters. The van der Waals surface area contributed by atoms with Crippen LogP contribution in [0.5, 0.6) is 0 Å². The molecular formula is C43H61N7O5Si. The quantitative estimate of drug-likeness (QED) is 0.157. The minimum absolute atomic E-state index is 0.00817. The molecular weight excluding hydrogens is 723 g/mol. The van der Waals surface area contributed by atoms with Gasteiger partial charge in [0, 0.05) is 48.9 Å². The second-order valence-corrected chi connectivity index (χ2v) is 23.6. The van der Waals surface area contributed by atoms with E-state index < -0.39 is 25.6 Å². The number of piperidine rings is 1. The van der Waals surface area contributed by atoms with E-state index in [1.807, 2.05) is 96.3 Å². The van der Waals surface area contributed by atoms with E-state index in [2.05, 4.69) is 44.2 Å². The number of likely N-dealkylation sites (tertiary alicyclic amines) is 1. The van der Waals surface area contributed by atoms with Crippen LogP contribution in [0.1, 0.15) is 98.6 Å². The maximum Gasteiger partial charge on any atom is 0.416 e. The maximum atomic E-state index is 14.2. The molecule has 0 radical (unpaired) electrons. The number of nitrogens with one attached hydrogen (secondary N) is 1. The molecule has 2 amide bonds. The lowest BCUT2D eigenvalue weighted by molar-refractivity contribution is -0.00693. The zero-order valence-electron chi connectivity index (χ0n) is 35.2. The number of fused-ring (bicyclic) bond motifs is 1. The largest absolute Gasteiger partial charge is 0.444 e. The van der Waals surface area contributed by atoms with Crippen molar-refractivity contribution in [3.05, 3.63) is 72.1 Å². The molecule has 2 aliphatic rings. The standard InChI is InChI=1S/C43H61N7O5Si/c1-41(2,3)53-39(51)48-23-21-32(35(28-48)55-56(10,11)43(7,8)9)25-45-36-24-37(50-38(47-36)33(26-46-50)30-19-20-30)49(40(52)54-42(4,5)6)27-29-15-17-31(18-16-29)34-14-12-13-22-44-34/h12-18,22,24,26,30,32,35H,19-21,23,25,27-28H2,1-11H3,(H,45,47)/t32-,35+/m1/s1. The third kappa shape index (κ3) is 10.1. The van der Waals surface area contributed by atoms with E-state index in [-0.39, 0.29) is 29.7 Å². The van der Waals surface area contributed by atoms with E-state index in [1.165, 1.54) is 0 Å². The third-order valence-electron chi connectivity index (χ3n) is 10.8. The van der Waals surface area contributed by atoms with Gasteiger partial charge in [-0.25, -0.2) is 14.6 Å². The Bertz CT molecular complexity index is 1990. The van der Waals surface area contributed by atoms with Crippen LogP contribution in [0.4, 0.5) is 21.2 Å². The summed E-state index contributed by atoms with van der Waals surface area (Å²) < 4.78 is 20.6. The van der Waals surface area contributed by atoms with Crippen molar-refractivity contribution in [2.75, 3.05) is 29.9 Å². The summed E-state index contributed by atoms with van der Waals surface area (Å²) in [6.07, 6.45) is 5.57. The van der Waals surface area contributed by atoms with E-state index in [9.17, 15) is 9.59 Å². The zero-order chi connectivity index (χ0) is 40.6. The van der Waals surface area contributed by atoms with Gasteiger partial charge in [-0.1, -0.05) is 51.1 Å². The Morgan fingerprint density at radius 2 is 1.62 bits per heavy atom. The third-order valence-corrected chi connectivity index (χ3v) is 15.3. The lowest BCUT2D eigenvalue weighted by atomic mass is 9.94. The summed E-state index contributed by atoms with van der Waals surface area (Å²) in [6, 6.07) is 15.8. The number of carbonyl (C=O) groups is 2. The Labute approximate surface area is 333 Å². The van der Waals surface area contributed by atoms with Crippen molar-refractivity contribution in [3.8, 4) is 11.3 Å². The van der Waals surface area contributed by atoms with Gasteiger partial charge in [0.05, 0.1) is 24.5 Å². The van der Waals surface area contributed by atoms with E-state index in [4.69, 9.17) is 24.0 Å². The number of aromatic nitrogens is 4. The summed E-state index contributed by atoms with van der Waals surface area (Å²) in [7, 11) is -2.21. The van der Waals surface area contributed by atoms with Gasteiger partial charge in [0.1, 0.15) is 22.8 Å². The first kappa shape index (κ1) is 41.1. The molecule has 1 aliphatic heterocycles. The molecule has 13 heteroatoms. The Morgan fingerprint density at radius 1 is 0.929 bits per heavy atom. The van der Waals surface area contributed by atoms with Crippen molar-refractivity contribution in [2.45, 2.75) is 129 Å². The van der Waals surface area contributed by atoms with Gasteiger partial charge in [-0.3, -0.25) is 9.88 Å². The predicted octanol–water partition coefficient (Wildman–Crippen LogP) is 9.67. The van der Waals surface area contributed by atoms with Gasteiger partial charge in [0.15, 0.2) is 14.0 Å². The first-order valence-corrected chi connectivity index (χ1v) is 22.9. The van der Waals surface area contributed by atoms with Gasteiger partial charge in [-0.15, -0.1) is 0 Å². The van der Waals surface area contributed by atoms with Gasteiger partial charge in [-0.2, -0.15) is 9.61 Å². The smallest absolute Gasteiger partial charge is 0.416 e. The molecule has 1 saturated heterocycles. The van der Waals surface area contributed by atoms with Crippen LogP contribution in [0.25, 0.3) is 16.9 Å². The van der Waals surface area contributed by atoms with E-state index in [0.29, 0.717) is 37.2 Å². The number of ether oxygens (including phenoxy) is 2. The molecule has 1 N–H and O–H groups in total. The number of amides is 2. The topological polar surface area (TPSA) is 123 Å². The van der Waals surface area contributed by atoms with Crippen molar-refractivity contribution in [1.82, 2.24) is 24.5 Å². The van der Waals surface area contributed by atoms with Gasteiger partial charge >= 0.3 is 12.2 Å². The highest BCUT2D eigenvalue weighted by Gasteiger charge is 2.43. The molecule has 3 aromatic heterocycles. The van der Waals surface area contributed by atoms with Crippen LogP contribution in [0.2, 0.25) is 18.1 Å². The Morgan fingerprint density at radius 3 is 2.23 bits per heavy atom. The van der Waals surface area contributed by atoms with Crippen LogP contribution in [0.15, 0.2) is 60.9 Å². The van der Waals surface area contributed by atoms with Gasteiger partial charge in [0.25, 0.3) is 0 Å². The number of hydrogen-bond acceptors (Lipinski definition) is 9. The van der Waals surface area contributed by atoms with E-state index >= 15 is 0 Å². The number of benzene rings is 1. The Hall–Kier alpha value is -4.49. The molecule has 4 heterocycles. The highest BCUT2D eigenvalue weighted by atomic mass is 28.4. The van der Waals surface area contributed by atoms with E-state index in [1.54, 1.807) is 20.5 Å². The molecule has 1 aliphatic carbocycles. The lowest BCUT2D eigenvalue weighted by Gasteiger charge is -2.45. The van der Waals surface area contributed by atoms with Gasteiger partial charge in [-0.05, 0) is 103 Å². The molecule has 0 spiro atoms. The molecule has 2 fully saturated rings. The van der Waals surface area contributed by atoms with Crippen LogP contribution in [0.3, 0.4) is 0 Å². The number of hydrogen-bond donors (Lipinski definition) is 1. The molecule has 4 aromatic rings. The molecule has 56 heavy (non-hydrogen) atoms. The monoisotopic (exact) mass is 783 g/mol. The first-order valence-electron chi connectivity index (χ1n) is 20.0. The van der Waals surface area contributed by atoms with Gasteiger partial charge < -0.3 is 24.1 Å². The average Bonchev–Trinajstić information content (AvgIpc) is 3.86. The van der Waals surface area contributed by atoms with Crippen molar-refractivity contribution < 1.29 is 23.5 Å². The van der Waals surface area contributed by atoms with Crippen LogP contribution >= 0.6 is 0 Å². The van der Waals surface area contributed by atoms with Crippen molar-refractivity contribution >= 4 is 37.8 Å². The SMILES string of the molecule is CC(C)(C)OC(=O)N1CC[C@H](CNc2cc(N(Cc3ccc(-c4ccccn4)cc3)C(=O)OC(C)(C)C)n3ncc(C4CC4)c3n2)[C@@H](O[Si](C)(C)C(C)(C)C)C1. The average molecular weight is 784 g/mol. The second-order valence-electron chi connectivity index (χ2n) is 18.9. The lowest BCUT2D eigenvalue weighted by Crippen LogP contribution is -2.55. The summed E-state index contributed by atoms with van der Waals surface area (Å²) in [6.45, 7) is 24.3. The fourth-order valence-electron chi connectivity index (χ4n) is 6.60. The summed E-state index contributed by atoms with van der Waals surface area (Å²) >= 11 is 0. The molecule has 0 bridgehead atoms. The summed E-state index contributed by atoms with van der Waals surface area (Å²) in [4.78, 5) is 40.4. The fourth-order valence-corrected chi connectivity index (χ4v) is 7.97. The summed E-state index contributed by atoms with van der Waals surface area (Å²) in [5.41, 5.74) is 3.28. The van der Waals surface area contributed by atoms with Crippen LogP contribution in [-0.4, -0.2) is 81.9 Å². The second kappa shape index (κ2) is 15.8. The van der Waals surface area contributed by atoms with E-state index in [0.717, 1.165) is 47.3 Å². The molecule has 1 aromatic carbocycles.